The number of methoxy groups -OCH3 is 1. The molecule has 0 amide bonds. The normalized spacial score (nSPS) is 14.1. The average molecular weight is 432 g/mol. The number of sulfonamides is 1. The number of para-hydroxylation sites is 1. The van der Waals surface area contributed by atoms with Gasteiger partial charge in [-0.25, -0.2) is 31.6 Å². The fourth-order valence-electron chi connectivity index (χ4n) is 3.22. The molecule has 0 radical (unpaired) electrons. The summed E-state index contributed by atoms with van der Waals surface area (Å²) in [7, 11) is -2.73. The van der Waals surface area contributed by atoms with Gasteiger partial charge in [0.25, 0.3) is 0 Å². The molecule has 10 heteroatoms. The Labute approximate surface area is 173 Å². The topological polar surface area (TPSA) is 95.2 Å². The third-order valence-electron chi connectivity index (χ3n) is 4.85. The highest BCUT2D eigenvalue weighted by atomic mass is 32.2. The van der Waals surface area contributed by atoms with Gasteiger partial charge in [-0.1, -0.05) is 18.2 Å². The van der Waals surface area contributed by atoms with Crippen molar-refractivity contribution in [2.75, 3.05) is 13.7 Å². The lowest BCUT2D eigenvalue weighted by Gasteiger charge is -2.10. The van der Waals surface area contributed by atoms with Gasteiger partial charge in [0.2, 0.25) is 10.0 Å². The average Bonchev–Trinajstić information content (AvgIpc) is 3.53. The quantitative estimate of drug-likeness (QED) is 0.588. The van der Waals surface area contributed by atoms with E-state index in [1.54, 1.807) is 4.57 Å². The molecule has 1 N–H and O–H groups in total. The number of hydrogen-bond donors (Lipinski definition) is 1. The van der Waals surface area contributed by atoms with Gasteiger partial charge < -0.3 is 4.74 Å². The van der Waals surface area contributed by atoms with Gasteiger partial charge in [0, 0.05) is 12.5 Å². The van der Waals surface area contributed by atoms with Crippen LogP contribution in [0.5, 0.6) is 5.75 Å². The summed E-state index contributed by atoms with van der Waals surface area (Å²) in [5, 5.41) is 4.44. The van der Waals surface area contributed by atoms with E-state index in [1.165, 1.54) is 17.9 Å². The number of aromatic nitrogens is 3. The molecule has 8 nitrogen and oxygen atoms in total. The molecular formula is C20H21FN4O4S. The van der Waals surface area contributed by atoms with Crippen molar-refractivity contribution in [1.29, 1.82) is 0 Å². The lowest BCUT2D eigenvalue weighted by atomic mass is 10.3. The highest BCUT2D eigenvalue weighted by Crippen LogP contribution is 2.39. The van der Waals surface area contributed by atoms with Crippen molar-refractivity contribution in [2.24, 2.45) is 0 Å². The van der Waals surface area contributed by atoms with E-state index in [1.807, 2.05) is 30.3 Å². The van der Waals surface area contributed by atoms with Gasteiger partial charge in [0.1, 0.15) is 22.3 Å². The van der Waals surface area contributed by atoms with Crippen LogP contribution in [0.2, 0.25) is 0 Å². The van der Waals surface area contributed by atoms with Crippen LogP contribution in [-0.2, 0) is 16.6 Å². The standard InChI is InChI=1S/C20H21FN4O4S/c1-29-17-10-9-15(21)13-18(17)30(27,28)22-11-12-24-20(26)25(16-5-3-2-4-6-16)19(23-24)14-7-8-14/h2-6,9-10,13-14,22H,7-8,11-12H2,1H3. The van der Waals surface area contributed by atoms with Crippen LogP contribution >= 0.6 is 0 Å². The van der Waals surface area contributed by atoms with E-state index in [2.05, 4.69) is 9.82 Å². The lowest BCUT2D eigenvalue weighted by molar-refractivity contribution is 0.400. The Balaban J connectivity index is 1.55. The summed E-state index contributed by atoms with van der Waals surface area (Å²) in [4.78, 5) is 12.6. The SMILES string of the molecule is COc1ccc(F)cc1S(=O)(=O)NCCn1nc(C2CC2)n(-c2ccccc2)c1=O. The molecule has 1 saturated carbocycles. The number of ether oxygens (including phenoxy) is 1. The zero-order chi connectivity index (χ0) is 21.3. The minimum atomic E-state index is -4.03. The molecule has 30 heavy (non-hydrogen) atoms. The van der Waals surface area contributed by atoms with E-state index in [-0.39, 0.29) is 35.3 Å². The van der Waals surface area contributed by atoms with E-state index in [0.29, 0.717) is 5.82 Å². The first-order valence-corrected chi connectivity index (χ1v) is 11.0. The van der Waals surface area contributed by atoms with Crippen molar-refractivity contribution >= 4 is 10.0 Å². The van der Waals surface area contributed by atoms with E-state index in [4.69, 9.17) is 4.74 Å². The molecule has 0 saturated heterocycles. The van der Waals surface area contributed by atoms with Crippen molar-refractivity contribution < 1.29 is 17.5 Å². The van der Waals surface area contributed by atoms with Crippen LogP contribution < -0.4 is 15.1 Å². The molecule has 0 aliphatic heterocycles. The monoisotopic (exact) mass is 432 g/mol. The smallest absolute Gasteiger partial charge is 0.350 e. The second-order valence-corrected chi connectivity index (χ2v) is 8.74. The van der Waals surface area contributed by atoms with Crippen LogP contribution in [0, 0.1) is 5.82 Å². The molecule has 158 valence electrons. The number of nitrogens with one attached hydrogen (secondary N) is 1. The van der Waals surface area contributed by atoms with Gasteiger partial charge in [0.15, 0.2) is 0 Å². The Hall–Kier alpha value is -2.98. The number of rotatable bonds is 8. The zero-order valence-electron chi connectivity index (χ0n) is 16.3. The summed E-state index contributed by atoms with van der Waals surface area (Å²) in [6.45, 7) is -0.0485. The first-order valence-electron chi connectivity index (χ1n) is 9.49. The summed E-state index contributed by atoms with van der Waals surface area (Å²) >= 11 is 0. The van der Waals surface area contributed by atoms with E-state index >= 15 is 0 Å². The second-order valence-electron chi connectivity index (χ2n) is 7.00. The van der Waals surface area contributed by atoms with Crippen LogP contribution in [-0.4, -0.2) is 36.4 Å². The molecule has 1 aliphatic carbocycles. The van der Waals surface area contributed by atoms with Gasteiger partial charge in [-0.15, -0.1) is 0 Å². The van der Waals surface area contributed by atoms with E-state index < -0.39 is 15.8 Å². The minimum absolute atomic E-state index is 0.0328. The molecule has 0 atom stereocenters. The largest absolute Gasteiger partial charge is 0.495 e. The van der Waals surface area contributed by atoms with Gasteiger partial charge in [-0.3, -0.25) is 0 Å². The molecule has 1 aliphatic rings. The fourth-order valence-corrected chi connectivity index (χ4v) is 4.42. The van der Waals surface area contributed by atoms with Crippen LogP contribution in [0.4, 0.5) is 4.39 Å². The van der Waals surface area contributed by atoms with Crippen LogP contribution in [0.25, 0.3) is 5.69 Å². The number of benzene rings is 2. The van der Waals surface area contributed by atoms with E-state index in [9.17, 15) is 17.6 Å². The third kappa shape index (κ3) is 4.01. The number of halogens is 1. The molecule has 1 aromatic heterocycles. The summed E-state index contributed by atoms with van der Waals surface area (Å²) in [6.07, 6.45) is 1.94. The Morgan fingerprint density at radius 2 is 1.93 bits per heavy atom. The first kappa shape index (κ1) is 20.3. The highest BCUT2D eigenvalue weighted by Gasteiger charge is 2.31. The zero-order valence-corrected chi connectivity index (χ0v) is 17.1. The summed E-state index contributed by atoms with van der Waals surface area (Å²) < 4.78 is 48.9. The van der Waals surface area contributed by atoms with Crippen molar-refractivity contribution in [3.63, 3.8) is 0 Å². The maximum Gasteiger partial charge on any atom is 0.350 e. The Morgan fingerprint density at radius 3 is 2.60 bits per heavy atom. The summed E-state index contributed by atoms with van der Waals surface area (Å²) in [5.41, 5.74) is 0.395. The molecule has 4 rings (SSSR count). The molecule has 0 bridgehead atoms. The molecular weight excluding hydrogens is 411 g/mol. The van der Waals surface area contributed by atoms with Crippen molar-refractivity contribution in [1.82, 2.24) is 19.1 Å². The Bertz CT molecular complexity index is 1220. The summed E-state index contributed by atoms with van der Waals surface area (Å²) in [6, 6.07) is 12.5. The molecule has 2 aromatic carbocycles. The van der Waals surface area contributed by atoms with Crippen LogP contribution in [0.15, 0.2) is 58.2 Å². The lowest BCUT2D eigenvalue weighted by Crippen LogP contribution is -2.32. The van der Waals surface area contributed by atoms with Crippen LogP contribution in [0.3, 0.4) is 0 Å². The van der Waals surface area contributed by atoms with Crippen molar-refractivity contribution in [3.05, 3.63) is 70.7 Å². The highest BCUT2D eigenvalue weighted by molar-refractivity contribution is 7.89. The summed E-state index contributed by atoms with van der Waals surface area (Å²) in [5.74, 6) is 0.252. The Kier molecular flexibility index (Phi) is 5.44. The van der Waals surface area contributed by atoms with Gasteiger partial charge in [-0.2, -0.15) is 5.10 Å². The van der Waals surface area contributed by atoms with E-state index in [0.717, 1.165) is 30.7 Å². The maximum absolute atomic E-state index is 13.5. The third-order valence-corrected chi connectivity index (χ3v) is 6.33. The predicted molar refractivity (Wildman–Crippen MR) is 108 cm³/mol. The second kappa shape index (κ2) is 8.04. The van der Waals surface area contributed by atoms with Gasteiger partial charge >= 0.3 is 5.69 Å². The molecule has 1 heterocycles. The predicted octanol–water partition coefficient (Wildman–Crippen LogP) is 2.04. The Morgan fingerprint density at radius 1 is 1.20 bits per heavy atom. The molecule has 0 spiro atoms. The molecule has 1 fully saturated rings. The maximum atomic E-state index is 13.5. The van der Waals surface area contributed by atoms with Gasteiger partial charge in [0.05, 0.1) is 19.3 Å². The van der Waals surface area contributed by atoms with Gasteiger partial charge in [-0.05, 0) is 43.2 Å². The molecule has 3 aromatic rings. The van der Waals surface area contributed by atoms with Crippen molar-refractivity contribution in [2.45, 2.75) is 30.2 Å². The molecule has 0 unspecified atom stereocenters. The first-order chi connectivity index (χ1) is 14.4. The number of nitrogens with zero attached hydrogens (tertiary/aromatic N) is 3. The fraction of sp³-hybridized carbons (Fsp3) is 0.300. The number of hydrogen-bond acceptors (Lipinski definition) is 5. The van der Waals surface area contributed by atoms with Crippen LogP contribution in [0.1, 0.15) is 24.6 Å². The van der Waals surface area contributed by atoms with Crippen molar-refractivity contribution in [3.8, 4) is 11.4 Å². The minimum Gasteiger partial charge on any atom is -0.495 e.